The maximum Gasteiger partial charge on any atom is 0.258 e. The third-order valence-corrected chi connectivity index (χ3v) is 3.41. The topological polar surface area (TPSA) is 29.1 Å². The third kappa shape index (κ3) is 3.27. The highest BCUT2D eigenvalue weighted by atomic mass is 19.1. The number of halogens is 2. The first kappa shape index (κ1) is 15.2. The Hall–Kier alpha value is -2.23. The van der Waals surface area contributed by atoms with Crippen molar-refractivity contribution < 1.29 is 13.6 Å². The van der Waals surface area contributed by atoms with Crippen LogP contribution in [-0.2, 0) is 12.8 Å². The molecule has 2 nitrogen and oxygen atoms in total. The van der Waals surface area contributed by atoms with Crippen LogP contribution in [0.25, 0.3) is 0 Å². The third-order valence-electron chi connectivity index (χ3n) is 3.41. The SMILES string of the molecule is CCc1cccc(CC)c1NC(=O)c1cc(F)ccc1F. The van der Waals surface area contributed by atoms with E-state index in [0.29, 0.717) is 5.69 Å². The van der Waals surface area contributed by atoms with Crippen molar-refractivity contribution in [2.24, 2.45) is 0 Å². The Morgan fingerprint density at radius 2 is 1.67 bits per heavy atom. The van der Waals surface area contributed by atoms with E-state index in [0.717, 1.165) is 42.2 Å². The molecule has 0 fully saturated rings. The summed E-state index contributed by atoms with van der Waals surface area (Å²) in [6.07, 6.45) is 1.49. The average molecular weight is 289 g/mol. The molecule has 0 aliphatic heterocycles. The van der Waals surface area contributed by atoms with Crippen molar-refractivity contribution in [1.82, 2.24) is 0 Å². The molecule has 0 saturated carbocycles. The van der Waals surface area contributed by atoms with Crippen molar-refractivity contribution in [3.63, 3.8) is 0 Å². The van der Waals surface area contributed by atoms with Crippen molar-refractivity contribution >= 4 is 11.6 Å². The molecule has 0 bridgehead atoms. The lowest BCUT2D eigenvalue weighted by Gasteiger charge is -2.14. The molecule has 0 saturated heterocycles. The normalized spacial score (nSPS) is 10.5. The average Bonchev–Trinajstić information content (AvgIpc) is 2.49. The van der Waals surface area contributed by atoms with Gasteiger partial charge in [-0.1, -0.05) is 32.0 Å². The highest BCUT2D eigenvalue weighted by Crippen LogP contribution is 2.23. The van der Waals surface area contributed by atoms with Crippen LogP contribution in [0.3, 0.4) is 0 Å². The molecule has 1 N–H and O–H groups in total. The molecule has 2 aromatic rings. The summed E-state index contributed by atoms with van der Waals surface area (Å²) in [5.74, 6) is -2.01. The van der Waals surface area contributed by atoms with E-state index in [1.165, 1.54) is 0 Å². The summed E-state index contributed by atoms with van der Waals surface area (Å²) in [7, 11) is 0. The Kier molecular flexibility index (Phi) is 4.68. The number of carbonyl (C=O) groups excluding carboxylic acids is 1. The minimum absolute atomic E-state index is 0.289. The van der Waals surface area contributed by atoms with Gasteiger partial charge >= 0.3 is 0 Å². The highest BCUT2D eigenvalue weighted by molar-refractivity contribution is 6.05. The molecule has 0 heterocycles. The number of rotatable bonds is 4. The zero-order valence-electron chi connectivity index (χ0n) is 12.0. The predicted octanol–water partition coefficient (Wildman–Crippen LogP) is 4.34. The summed E-state index contributed by atoms with van der Waals surface area (Å²) >= 11 is 0. The highest BCUT2D eigenvalue weighted by Gasteiger charge is 2.15. The number of para-hydroxylation sites is 1. The Bertz CT molecular complexity index is 646. The van der Waals surface area contributed by atoms with E-state index in [9.17, 15) is 13.6 Å². The van der Waals surface area contributed by atoms with Crippen LogP contribution in [0.2, 0.25) is 0 Å². The number of carbonyl (C=O) groups is 1. The Morgan fingerprint density at radius 1 is 1.05 bits per heavy atom. The van der Waals surface area contributed by atoms with E-state index in [4.69, 9.17) is 0 Å². The lowest BCUT2D eigenvalue weighted by atomic mass is 10.0. The molecule has 0 unspecified atom stereocenters. The van der Waals surface area contributed by atoms with Crippen molar-refractivity contribution in [3.8, 4) is 0 Å². The summed E-state index contributed by atoms with van der Waals surface area (Å²) in [4.78, 5) is 12.2. The number of hydrogen-bond donors (Lipinski definition) is 1. The zero-order chi connectivity index (χ0) is 15.4. The summed E-state index contributed by atoms with van der Waals surface area (Å²) in [5.41, 5.74) is 2.35. The molecule has 0 aliphatic carbocycles. The van der Waals surface area contributed by atoms with Gasteiger partial charge in [0.25, 0.3) is 5.91 Å². The predicted molar refractivity (Wildman–Crippen MR) is 79.5 cm³/mol. The molecular weight excluding hydrogens is 272 g/mol. The number of benzene rings is 2. The van der Waals surface area contributed by atoms with Gasteiger partial charge in [-0.3, -0.25) is 4.79 Å². The number of nitrogens with one attached hydrogen (secondary N) is 1. The van der Waals surface area contributed by atoms with Crippen LogP contribution in [0.15, 0.2) is 36.4 Å². The smallest absolute Gasteiger partial charge is 0.258 e. The van der Waals surface area contributed by atoms with E-state index in [1.54, 1.807) is 0 Å². The van der Waals surface area contributed by atoms with Gasteiger partial charge in [0.05, 0.1) is 5.56 Å². The molecule has 0 spiro atoms. The lowest BCUT2D eigenvalue weighted by molar-refractivity contribution is 0.102. The second-order valence-electron chi connectivity index (χ2n) is 4.74. The standard InChI is InChI=1S/C17H17F2NO/c1-3-11-6-5-7-12(4-2)16(11)20-17(21)14-10-13(18)8-9-15(14)19/h5-10H,3-4H2,1-2H3,(H,20,21). The van der Waals surface area contributed by atoms with Crippen molar-refractivity contribution in [1.29, 1.82) is 0 Å². The Labute approximate surface area is 122 Å². The number of hydrogen-bond acceptors (Lipinski definition) is 1. The van der Waals surface area contributed by atoms with Crippen LogP contribution in [-0.4, -0.2) is 5.91 Å². The summed E-state index contributed by atoms with van der Waals surface area (Å²) in [5, 5.41) is 2.72. The summed E-state index contributed by atoms with van der Waals surface area (Å²) < 4.78 is 26.9. The zero-order valence-corrected chi connectivity index (χ0v) is 12.0. The first-order valence-corrected chi connectivity index (χ1v) is 6.94. The van der Waals surface area contributed by atoms with Gasteiger partial charge in [0.15, 0.2) is 0 Å². The van der Waals surface area contributed by atoms with Crippen LogP contribution in [0, 0.1) is 11.6 Å². The largest absolute Gasteiger partial charge is 0.321 e. The summed E-state index contributed by atoms with van der Waals surface area (Å²) in [6.45, 7) is 3.96. The molecule has 0 radical (unpaired) electrons. The fourth-order valence-corrected chi connectivity index (χ4v) is 2.26. The molecule has 21 heavy (non-hydrogen) atoms. The van der Waals surface area contributed by atoms with E-state index < -0.39 is 17.5 Å². The molecule has 0 aliphatic rings. The van der Waals surface area contributed by atoms with Crippen molar-refractivity contribution in [2.45, 2.75) is 26.7 Å². The molecule has 110 valence electrons. The van der Waals surface area contributed by atoms with Crippen molar-refractivity contribution in [2.75, 3.05) is 5.32 Å². The van der Waals surface area contributed by atoms with Crippen molar-refractivity contribution in [3.05, 3.63) is 64.7 Å². The van der Waals surface area contributed by atoms with E-state index in [1.807, 2.05) is 32.0 Å². The first-order valence-electron chi connectivity index (χ1n) is 6.94. The van der Waals surface area contributed by atoms with Gasteiger partial charge in [-0.15, -0.1) is 0 Å². The van der Waals surface area contributed by atoms with Gasteiger partial charge < -0.3 is 5.32 Å². The van der Waals surface area contributed by atoms with Gasteiger partial charge in [-0.25, -0.2) is 8.78 Å². The molecule has 1 amide bonds. The van der Waals surface area contributed by atoms with Crippen LogP contribution < -0.4 is 5.32 Å². The fraction of sp³-hybridized carbons (Fsp3) is 0.235. The maximum atomic E-state index is 13.7. The monoisotopic (exact) mass is 289 g/mol. The van der Waals surface area contributed by atoms with Gasteiger partial charge in [-0.2, -0.15) is 0 Å². The Balaban J connectivity index is 2.38. The number of aryl methyl sites for hydroxylation is 2. The quantitative estimate of drug-likeness (QED) is 0.891. The van der Waals surface area contributed by atoms with Gasteiger partial charge in [0.2, 0.25) is 0 Å². The second kappa shape index (κ2) is 6.48. The van der Waals surface area contributed by atoms with E-state index in [2.05, 4.69) is 5.32 Å². The first-order chi connectivity index (χ1) is 10.1. The van der Waals surface area contributed by atoms with Gasteiger partial charge in [0, 0.05) is 5.69 Å². The second-order valence-corrected chi connectivity index (χ2v) is 4.74. The van der Waals surface area contributed by atoms with E-state index >= 15 is 0 Å². The fourth-order valence-electron chi connectivity index (χ4n) is 2.26. The lowest BCUT2D eigenvalue weighted by Crippen LogP contribution is -2.16. The van der Waals surface area contributed by atoms with Gasteiger partial charge in [-0.05, 0) is 42.2 Å². The number of amides is 1. The minimum Gasteiger partial charge on any atom is -0.321 e. The molecular formula is C17H17F2NO. The van der Waals surface area contributed by atoms with Crippen LogP contribution in [0.1, 0.15) is 35.3 Å². The molecule has 4 heteroatoms. The number of anilines is 1. The molecule has 2 aromatic carbocycles. The minimum atomic E-state index is -0.735. The Morgan fingerprint density at radius 3 is 2.24 bits per heavy atom. The van der Waals surface area contributed by atoms with E-state index in [-0.39, 0.29) is 5.56 Å². The molecule has 0 atom stereocenters. The van der Waals surface area contributed by atoms with Crippen LogP contribution in [0.5, 0.6) is 0 Å². The maximum absolute atomic E-state index is 13.7. The van der Waals surface area contributed by atoms with Gasteiger partial charge in [0.1, 0.15) is 11.6 Å². The molecule has 0 aromatic heterocycles. The van der Waals surface area contributed by atoms with Crippen LogP contribution in [0.4, 0.5) is 14.5 Å². The molecule has 2 rings (SSSR count). The van der Waals surface area contributed by atoms with Crippen LogP contribution >= 0.6 is 0 Å². The summed E-state index contributed by atoms with van der Waals surface area (Å²) in [6, 6.07) is 8.61.